The molecule has 1 atom stereocenters. The summed E-state index contributed by atoms with van der Waals surface area (Å²) >= 11 is 2.09. The van der Waals surface area contributed by atoms with Crippen molar-refractivity contribution in [3.63, 3.8) is 0 Å². The topological polar surface area (TPSA) is 63.5 Å². The van der Waals surface area contributed by atoms with Crippen molar-refractivity contribution in [2.45, 2.75) is 4.90 Å². The van der Waals surface area contributed by atoms with Gasteiger partial charge < -0.3 is 14.6 Å². The molecular formula is C7H8BBrO3S. The summed E-state index contributed by atoms with van der Waals surface area (Å²) in [5.41, 5.74) is 0.341. The van der Waals surface area contributed by atoms with Crippen LogP contribution >= 0.6 is 15.9 Å². The van der Waals surface area contributed by atoms with E-state index in [1.165, 1.54) is 12.3 Å². The lowest BCUT2D eigenvalue weighted by molar-refractivity contribution is 0.425. The van der Waals surface area contributed by atoms with E-state index in [2.05, 4.69) is 15.9 Å². The molecule has 0 heterocycles. The lowest BCUT2D eigenvalue weighted by atomic mass is 9.80. The van der Waals surface area contributed by atoms with E-state index in [0.29, 0.717) is 14.8 Å². The minimum atomic E-state index is -1.52. The molecule has 0 aliphatic rings. The summed E-state index contributed by atoms with van der Waals surface area (Å²) in [7, 11) is -1.52. The lowest BCUT2D eigenvalue weighted by Gasteiger charge is -2.08. The number of halogens is 1. The van der Waals surface area contributed by atoms with Crippen LogP contribution in [0.1, 0.15) is 0 Å². The maximum Gasteiger partial charge on any atom is 0.488 e. The average Bonchev–Trinajstić information content (AvgIpc) is 2.04. The monoisotopic (exact) mass is 262 g/mol. The van der Waals surface area contributed by atoms with Crippen molar-refractivity contribution in [1.82, 2.24) is 0 Å². The van der Waals surface area contributed by atoms with Crippen molar-refractivity contribution in [3.8, 4) is 0 Å². The van der Waals surface area contributed by atoms with Crippen LogP contribution < -0.4 is 5.46 Å². The van der Waals surface area contributed by atoms with Crippen LogP contribution in [0.3, 0.4) is 0 Å². The second-order valence-electron chi connectivity index (χ2n) is 2.52. The lowest BCUT2D eigenvalue weighted by Crippen LogP contribution is -2.30. The van der Waals surface area contributed by atoms with Gasteiger partial charge >= 0.3 is 7.12 Å². The highest BCUT2D eigenvalue weighted by molar-refractivity contribution is 9.10. The summed E-state index contributed by atoms with van der Waals surface area (Å²) in [4.78, 5) is 0.561. The van der Waals surface area contributed by atoms with Gasteiger partial charge in [-0.3, -0.25) is 0 Å². The molecular weight excluding hydrogens is 255 g/mol. The molecule has 2 N–H and O–H groups in total. The van der Waals surface area contributed by atoms with Gasteiger partial charge in [0.1, 0.15) is 6.26 Å². The SMILES string of the molecule is C[S+]([O-])c1cc(B(O)O)ccc1Br. The zero-order valence-corrected chi connectivity index (χ0v) is 9.30. The van der Waals surface area contributed by atoms with Crippen LogP contribution in [-0.4, -0.2) is 28.0 Å². The first-order chi connectivity index (χ1) is 6.02. The van der Waals surface area contributed by atoms with E-state index in [4.69, 9.17) is 10.0 Å². The second kappa shape index (κ2) is 4.48. The highest BCUT2D eigenvalue weighted by Crippen LogP contribution is 2.19. The fraction of sp³-hybridized carbons (Fsp3) is 0.143. The molecule has 70 valence electrons. The summed E-state index contributed by atoms with van der Waals surface area (Å²) in [6, 6.07) is 4.71. The van der Waals surface area contributed by atoms with E-state index in [0.717, 1.165) is 0 Å². The Labute approximate surface area is 88.2 Å². The van der Waals surface area contributed by atoms with E-state index in [-0.39, 0.29) is 0 Å². The quantitative estimate of drug-likeness (QED) is 0.577. The second-order valence-corrected chi connectivity index (χ2v) is 4.72. The van der Waals surface area contributed by atoms with Crippen LogP contribution in [0.2, 0.25) is 0 Å². The standard InChI is InChI=1S/C7H8BBrO3S/c1-13(12)7-4-5(8(10)11)2-3-6(7)9/h2-4,10-11H,1H3. The zero-order chi connectivity index (χ0) is 10.0. The van der Waals surface area contributed by atoms with E-state index < -0.39 is 18.3 Å². The highest BCUT2D eigenvalue weighted by Gasteiger charge is 2.16. The van der Waals surface area contributed by atoms with Gasteiger partial charge in [0, 0.05) is 0 Å². The van der Waals surface area contributed by atoms with Crippen molar-refractivity contribution < 1.29 is 14.6 Å². The molecule has 0 aromatic heterocycles. The van der Waals surface area contributed by atoms with Crippen molar-refractivity contribution in [3.05, 3.63) is 22.7 Å². The van der Waals surface area contributed by atoms with E-state index in [1.807, 2.05) is 0 Å². The Morgan fingerprint density at radius 2 is 2.08 bits per heavy atom. The smallest absolute Gasteiger partial charge is 0.488 e. The van der Waals surface area contributed by atoms with E-state index >= 15 is 0 Å². The molecule has 1 aromatic carbocycles. The number of benzene rings is 1. The molecule has 1 aromatic rings. The predicted octanol–water partition coefficient (Wildman–Crippen LogP) is -0.134. The maximum absolute atomic E-state index is 11.2. The molecule has 0 amide bonds. The van der Waals surface area contributed by atoms with Crippen LogP contribution in [0.15, 0.2) is 27.6 Å². The van der Waals surface area contributed by atoms with Gasteiger partial charge in [-0.05, 0) is 44.7 Å². The van der Waals surface area contributed by atoms with Crippen LogP contribution in [0.4, 0.5) is 0 Å². The highest BCUT2D eigenvalue weighted by atomic mass is 79.9. The van der Waals surface area contributed by atoms with Gasteiger partial charge in [-0.2, -0.15) is 0 Å². The molecule has 0 bridgehead atoms. The summed E-state index contributed by atoms with van der Waals surface area (Å²) in [5, 5.41) is 17.7. The molecule has 0 spiro atoms. The van der Waals surface area contributed by atoms with Gasteiger partial charge in [-0.15, -0.1) is 0 Å². The number of rotatable bonds is 2. The third-order valence-electron chi connectivity index (χ3n) is 1.56. The van der Waals surface area contributed by atoms with Crippen LogP contribution in [0.5, 0.6) is 0 Å². The summed E-state index contributed by atoms with van der Waals surface area (Å²) in [5.74, 6) is 0. The molecule has 0 fully saturated rings. The molecule has 1 unspecified atom stereocenters. The van der Waals surface area contributed by atoms with Gasteiger partial charge in [0.15, 0.2) is 4.90 Å². The van der Waals surface area contributed by atoms with E-state index in [9.17, 15) is 4.55 Å². The summed E-state index contributed by atoms with van der Waals surface area (Å²) in [6.45, 7) is 0. The third kappa shape index (κ3) is 2.72. The van der Waals surface area contributed by atoms with Gasteiger partial charge in [0.2, 0.25) is 0 Å². The maximum atomic E-state index is 11.2. The molecule has 0 aliphatic heterocycles. The van der Waals surface area contributed by atoms with Crippen molar-refractivity contribution in [1.29, 1.82) is 0 Å². The van der Waals surface area contributed by atoms with Gasteiger partial charge in [-0.1, -0.05) is 6.07 Å². The van der Waals surface area contributed by atoms with Crippen LogP contribution in [-0.2, 0) is 11.2 Å². The Hall–Kier alpha value is -0.00506. The van der Waals surface area contributed by atoms with Gasteiger partial charge in [0.05, 0.1) is 4.47 Å². The van der Waals surface area contributed by atoms with Crippen molar-refractivity contribution in [2.24, 2.45) is 0 Å². The zero-order valence-electron chi connectivity index (χ0n) is 6.90. The van der Waals surface area contributed by atoms with Crippen LogP contribution in [0, 0.1) is 0 Å². The Morgan fingerprint density at radius 3 is 2.54 bits per heavy atom. The van der Waals surface area contributed by atoms with Gasteiger partial charge in [-0.25, -0.2) is 0 Å². The number of hydrogen-bond donors (Lipinski definition) is 2. The summed E-state index contributed by atoms with van der Waals surface area (Å²) < 4.78 is 11.9. The first-order valence-corrected chi connectivity index (χ1v) is 5.86. The molecule has 0 radical (unpaired) electrons. The Kier molecular flexibility index (Phi) is 3.81. The largest absolute Gasteiger partial charge is 0.612 e. The molecule has 13 heavy (non-hydrogen) atoms. The first kappa shape index (κ1) is 11.1. The molecule has 0 saturated carbocycles. The number of hydrogen-bond acceptors (Lipinski definition) is 3. The Balaban J connectivity index is 3.11. The Bertz CT molecular complexity index is 306. The van der Waals surface area contributed by atoms with E-state index in [1.54, 1.807) is 12.1 Å². The van der Waals surface area contributed by atoms with Crippen molar-refractivity contribution >= 4 is 39.7 Å². The molecule has 6 heteroatoms. The molecule has 1 rings (SSSR count). The molecule has 0 aliphatic carbocycles. The van der Waals surface area contributed by atoms with Crippen molar-refractivity contribution in [2.75, 3.05) is 6.26 Å². The minimum absolute atomic E-state index is 0.341. The minimum Gasteiger partial charge on any atom is -0.612 e. The van der Waals surface area contributed by atoms with Crippen LogP contribution in [0.25, 0.3) is 0 Å². The average molecular weight is 263 g/mol. The summed E-state index contributed by atoms with van der Waals surface area (Å²) in [6.07, 6.45) is 1.54. The normalized spacial score (nSPS) is 12.7. The fourth-order valence-corrected chi connectivity index (χ4v) is 2.48. The molecule has 0 saturated heterocycles. The predicted molar refractivity (Wildman–Crippen MR) is 56.3 cm³/mol. The third-order valence-corrected chi connectivity index (χ3v) is 3.47. The van der Waals surface area contributed by atoms with Gasteiger partial charge in [0.25, 0.3) is 0 Å². The molecule has 3 nitrogen and oxygen atoms in total. The Morgan fingerprint density at radius 1 is 1.46 bits per heavy atom. The fourth-order valence-electron chi connectivity index (χ4n) is 0.901. The first-order valence-electron chi connectivity index (χ1n) is 3.51.